The summed E-state index contributed by atoms with van der Waals surface area (Å²) in [7, 11) is 0. The maximum absolute atomic E-state index is 12.8. The highest BCUT2D eigenvalue weighted by Gasteiger charge is 2.24. The molecule has 23 heavy (non-hydrogen) atoms. The molecule has 1 aliphatic rings. The molecule has 1 aromatic heterocycles. The zero-order chi connectivity index (χ0) is 16.4. The summed E-state index contributed by atoms with van der Waals surface area (Å²) in [4.78, 5) is 17.1. The third kappa shape index (κ3) is 3.01. The van der Waals surface area contributed by atoms with E-state index in [0.29, 0.717) is 5.56 Å². The number of para-hydroxylation sites is 1. The van der Waals surface area contributed by atoms with E-state index in [4.69, 9.17) is 0 Å². The summed E-state index contributed by atoms with van der Waals surface area (Å²) in [5, 5.41) is 4.45. The number of hydrogen-bond acceptors (Lipinski definition) is 3. The normalized spacial score (nSPS) is 15.9. The van der Waals surface area contributed by atoms with Gasteiger partial charge in [0.2, 0.25) is 0 Å². The van der Waals surface area contributed by atoms with Crippen molar-refractivity contribution in [3.8, 4) is 5.69 Å². The smallest absolute Gasteiger partial charge is 0.257 e. The van der Waals surface area contributed by atoms with Gasteiger partial charge in [-0.25, -0.2) is 4.68 Å². The van der Waals surface area contributed by atoms with Gasteiger partial charge in [-0.05, 0) is 32.0 Å². The van der Waals surface area contributed by atoms with Gasteiger partial charge in [-0.15, -0.1) is 0 Å². The van der Waals surface area contributed by atoms with Crippen LogP contribution in [0.25, 0.3) is 5.69 Å². The SMILES string of the molecule is CCN1CCN(C(=O)c2cnn(-c3ccccc3C)c2C)CC1. The van der Waals surface area contributed by atoms with Crippen LogP contribution >= 0.6 is 0 Å². The van der Waals surface area contributed by atoms with Crippen molar-refractivity contribution >= 4 is 5.91 Å². The summed E-state index contributed by atoms with van der Waals surface area (Å²) in [6.07, 6.45) is 1.70. The zero-order valence-corrected chi connectivity index (χ0v) is 14.1. The Bertz CT molecular complexity index is 699. The Morgan fingerprint density at radius 1 is 1.13 bits per heavy atom. The summed E-state index contributed by atoms with van der Waals surface area (Å²) < 4.78 is 1.87. The van der Waals surface area contributed by atoms with Gasteiger partial charge in [0, 0.05) is 26.2 Å². The molecular weight excluding hydrogens is 288 g/mol. The highest BCUT2D eigenvalue weighted by Crippen LogP contribution is 2.19. The fraction of sp³-hybridized carbons (Fsp3) is 0.444. The number of rotatable bonds is 3. The van der Waals surface area contributed by atoms with Gasteiger partial charge in [0.05, 0.1) is 23.1 Å². The topological polar surface area (TPSA) is 41.4 Å². The molecule has 0 radical (unpaired) electrons. The Morgan fingerprint density at radius 2 is 1.83 bits per heavy atom. The van der Waals surface area contributed by atoms with Gasteiger partial charge < -0.3 is 9.80 Å². The second-order valence-electron chi connectivity index (χ2n) is 6.07. The van der Waals surface area contributed by atoms with Gasteiger partial charge in [0.25, 0.3) is 5.91 Å². The van der Waals surface area contributed by atoms with Crippen LogP contribution in [-0.2, 0) is 0 Å². The third-order valence-electron chi connectivity index (χ3n) is 4.69. The molecule has 0 bridgehead atoms. The van der Waals surface area contributed by atoms with Crippen LogP contribution in [0.5, 0.6) is 0 Å². The number of hydrogen-bond donors (Lipinski definition) is 0. The summed E-state index contributed by atoms with van der Waals surface area (Å²) in [5.74, 6) is 0.0955. The Hall–Kier alpha value is -2.14. The minimum atomic E-state index is 0.0955. The van der Waals surface area contributed by atoms with Crippen molar-refractivity contribution in [1.29, 1.82) is 0 Å². The Labute approximate surface area is 137 Å². The third-order valence-corrected chi connectivity index (χ3v) is 4.69. The van der Waals surface area contributed by atoms with E-state index >= 15 is 0 Å². The maximum Gasteiger partial charge on any atom is 0.257 e. The lowest BCUT2D eigenvalue weighted by molar-refractivity contribution is 0.0642. The van der Waals surface area contributed by atoms with Crippen LogP contribution in [0, 0.1) is 13.8 Å². The molecule has 1 aliphatic heterocycles. The van der Waals surface area contributed by atoms with E-state index < -0.39 is 0 Å². The number of nitrogens with zero attached hydrogens (tertiary/aromatic N) is 4. The molecular formula is C18H24N4O. The van der Waals surface area contributed by atoms with Crippen LogP contribution in [0.15, 0.2) is 30.5 Å². The van der Waals surface area contributed by atoms with Crippen molar-refractivity contribution in [1.82, 2.24) is 19.6 Å². The molecule has 5 nitrogen and oxygen atoms in total. The fourth-order valence-electron chi connectivity index (χ4n) is 3.10. The summed E-state index contributed by atoms with van der Waals surface area (Å²) in [6, 6.07) is 8.09. The summed E-state index contributed by atoms with van der Waals surface area (Å²) >= 11 is 0. The minimum Gasteiger partial charge on any atom is -0.336 e. The second-order valence-corrected chi connectivity index (χ2v) is 6.07. The molecule has 0 aliphatic carbocycles. The van der Waals surface area contributed by atoms with Gasteiger partial charge in [-0.3, -0.25) is 4.79 Å². The number of carbonyl (C=O) groups is 1. The molecule has 0 saturated carbocycles. The Morgan fingerprint density at radius 3 is 2.48 bits per heavy atom. The highest BCUT2D eigenvalue weighted by atomic mass is 16.2. The Kier molecular flexibility index (Phi) is 4.48. The molecule has 1 amide bonds. The van der Waals surface area contributed by atoms with Gasteiger partial charge in [-0.2, -0.15) is 5.10 Å². The van der Waals surface area contributed by atoms with E-state index in [0.717, 1.165) is 49.7 Å². The van der Waals surface area contributed by atoms with Gasteiger partial charge in [0.15, 0.2) is 0 Å². The van der Waals surface area contributed by atoms with Crippen LogP contribution in [0.4, 0.5) is 0 Å². The molecule has 122 valence electrons. The van der Waals surface area contributed by atoms with Crippen molar-refractivity contribution in [2.75, 3.05) is 32.7 Å². The molecule has 5 heteroatoms. The van der Waals surface area contributed by atoms with E-state index in [1.807, 2.05) is 34.7 Å². The quantitative estimate of drug-likeness (QED) is 0.873. The molecule has 3 rings (SSSR count). The van der Waals surface area contributed by atoms with E-state index in [1.165, 1.54) is 0 Å². The molecule has 1 saturated heterocycles. The largest absolute Gasteiger partial charge is 0.336 e. The summed E-state index contributed by atoms with van der Waals surface area (Å²) in [6.45, 7) is 10.7. The van der Waals surface area contributed by atoms with E-state index in [-0.39, 0.29) is 5.91 Å². The molecule has 1 fully saturated rings. The van der Waals surface area contributed by atoms with Gasteiger partial charge in [-0.1, -0.05) is 25.1 Å². The van der Waals surface area contributed by atoms with Crippen molar-refractivity contribution in [3.63, 3.8) is 0 Å². The lowest BCUT2D eigenvalue weighted by atomic mass is 10.1. The second kappa shape index (κ2) is 6.54. The number of benzene rings is 1. The number of aromatic nitrogens is 2. The number of carbonyl (C=O) groups excluding carboxylic acids is 1. The van der Waals surface area contributed by atoms with Crippen LogP contribution in [-0.4, -0.2) is 58.2 Å². The summed E-state index contributed by atoms with van der Waals surface area (Å²) in [5.41, 5.74) is 3.79. The maximum atomic E-state index is 12.8. The Balaban J connectivity index is 1.82. The molecule has 2 heterocycles. The predicted octanol–water partition coefficient (Wildman–Crippen LogP) is 2.27. The van der Waals surface area contributed by atoms with Crippen LogP contribution < -0.4 is 0 Å². The first-order valence-corrected chi connectivity index (χ1v) is 8.24. The van der Waals surface area contributed by atoms with E-state index in [2.05, 4.69) is 29.9 Å². The van der Waals surface area contributed by atoms with Gasteiger partial charge >= 0.3 is 0 Å². The standard InChI is InChI=1S/C18H24N4O/c1-4-20-9-11-21(12-10-20)18(23)16-13-19-22(15(16)3)17-8-6-5-7-14(17)2/h5-8,13H,4,9-12H2,1-3H3. The average Bonchev–Trinajstić information content (AvgIpc) is 2.96. The minimum absolute atomic E-state index is 0.0955. The van der Waals surface area contributed by atoms with Crippen molar-refractivity contribution < 1.29 is 4.79 Å². The molecule has 0 N–H and O–H groups in total. The van der Waals surface area contributed by atoms with E-state index in [9.17, 15) is 4.79 Å². The number of amides is 1. The first kappa shape index (κ1) is 15.7. The number of likely N-dealkylation sites (N-methyl/N-ethyl adjacent to an activating group) is 1. The van der Waals surface area contributed by atoms with E-state index in [1.54, 1.807) is 6.20 Å². The molecule has 0 spiro atoms. The highest BCUT2D eigenvalue weighted by molar-refractivity contribution is 5.95. The van der Waals surface area contributed by atoms with Crippen LogP contribution in [0.2, 0.25) is 0 Å². The van der Waals surface area contributed by atoms with Crippen LogP contribution in [0.3, 0.4) is 0 Å². The molecule has 0 atom stereocenters. The first-order chi connectivity index (χ1) is 11.1. The fourth-order valence-corrected chi connectivity index (χ4v) is 3.10. The van der Waals surface area contributed by atoms with Crippen molar-refractivity contribution in [3.05, 3.63) is 47.3 Å². The monoisotopic (exact) mass is 312 g/mol. The number of piperazine rings is 1. The lowest BCUT2D eigenvalue weighted by Crippen LogP contribution is -2.48. The molecule has 0 unspecified atom stereocenters. The van der Waals surface area contributed by atoms with Crippen molar-refractivity contribution in [2.45, 2.75) is 20.8 Å². The molecule has 1 aromatic carbocycles. The lowest BCUT2D eigenvalue weighted by Gasteiger charge is -2.34. The predicted molar refractivity (Wildman–Crippen MR) is 91.1 cm³/mol. The number of aryl methyl sites for hydroxylation is 1. The van der Waals surface area contributed by atoms with Crippen molar-refractivity contribution in [2.24, 2.45) is 0 Å². The van der Waals surface area contributed by atoms with Crippen LogP contribution in [0.1, 0.15) is 28.5 Å². The van der Waals surface area contributed by atoms with Gasteiger partial charge in [0.1, 0.15) is 0 Å². The average molecular weight is 312 g/mol. The first-order valence-electron chi connectivity index (χ1n) is 8.24. The molecule has 2 aromatic rings. The zero-order valence-electron chi connectivity index (χ0n) is 14.1.